The molecule has 3 rings (SSSR count). The summed E-state index contributed by atoms with van der Waals surface area (Å²) in [5.74, 6) is 3.37. The first kappa shape index (κ1) is 15.1. The Hall–Kier alpha value is -2.76. The quantitative estimate of drug-likeness (QED) is 0.890. The lowest BCUT2D eigenvalue weighted by Gasteiger charge is -2.19. The predicted octanol–water partition coefficient (Wildman–Crippen LogP) is 3.06. The van der Waals surface area contributed by atoms with Crippen molar-refractivity contribution < 1.29 is 9.47 Å². The first-order valence-corrected chi connectivity index (χ1v) is 7.52. The summed E-state index contributed by atoms with van der Waals surface area (Å²) in [5.41, 5.74) is 1.94. The standard InChI is InChI=1S/C17H20N4O2/c1-11(2)13-6-15(22-3)14(17-20-4-5-21-17)7-16(13)23-12-8-18-10-19-9-12/h4-8,10-11H,9H2,1-3H3,(H,18,19)(H,20,21). The molecule has 0 bridgehead atoms. The second-order valence-corrected chi connectivity index (χ2v) is 5.53. The van der Waals surface area contributed by atoms with E-state index in [-0.39, 0.29) is 0 Å². The van der Waals surface area contributed by atoms with Gasteiger partial charge in [0.15, 0.2) is 0 Å². The highest BCUT2D eigenvalue weighted by atomic mass is 16.5. The molecule has 0 atom stereocenters. The van der Waals surface area contributed by atoms with E-state index in [9.17, 15) is 0 Å². The molecule has 0 fully saturated rings. The van der Waals surface area contributed by atoms with Crippen molar-refractivity contribution in [2.24, 2.45) is 4.99 Å². The molecule has 2 N–H and O–H groups in total. The molecule has 2 heterocycles. The monoisotopic (exact) mass is 312 g/mol. The van der Waals surface area contributed by atoms with Gasteiger partial charge in [0.25, 0.3) is 0 Å². The third-order valence-corrected chi connectivity index (χ3v) is 3.61. The van der Waals surface area contributed by atoms with Crippen molar-refractivity contribution >= 4 is 6.34 Å². The summed E-state index contributed by atoms with van der Waals surface area (Å²) in [6, 6.07) is 3.98. The highest BCUT2D eigenvalue weighted by Gasteiger charge is 2.18. The smallest absolute Gasteiger partial charge is 0.141 e. The van der Waals surface area contributed by atoms with Gasteiger partial charge in [-0.2, -0.15) is 0 Å². The molecule has 0 aliphatic carbocycles. The molecule has 0 spiro atoms. The Balaban J connectivity index is 2.04. The number of hydrogen-bond acceptors (Lipinski definition) is 5. The number of ether oxygens (including phenoxy) is 2. The van der Waals surface area contributed by atoms with Crippen LogP contribution in [0.5, 0.6) is 11.5 Å². The predicted molar refractivity (Wildman–Crippen MR) is 89.9 cm³/mol. The number of hydrogen-bond donors (Lipinski definition) is 2. The second kappa shape index (κ2) is 6.56. The lowest BCUT2D eigenvalue weighted by molar-refractivity contribution is 0.397. The third-order valence-electron chi connectivity index (χ3n) is 3.61. The maximum absolute atomic E-state index is 6.07. The van der Waals surface area contributed by atoms with Crippen LogP contribution in [0.4, 0.5) is 0 Å². The summed E-state index contributed by atoms with van der Waals surface area (Å²) in [5, 5.41) is 2.95. The third kappa shape index (κ3) is 3.21. The van der Waals surface area contributed by atoms with E-state index in [1.54, 1.807) is 25.8 Å². The molecular weight excluding hydrogens is 292 g/mol. The van der Waals surface area contributed by atoms with Crippen LogP contribution in [0.3, 0.4) is 0 Å². The molecule has 0 saturated heterocycles. The Morgan fingerprint density at radius 2 is 2.09 bits per heavy atom. The lowest BCUT2D eigenvalue weighted by Crippen LogP contribution is -2.14. The molecule has 0 unspecified atom stereocenters. The van der Waals surface area contributed by atoms with Crippen LogP contribution in [0.2, 0.25) is 0 Å². The van der Waals surface area contributed by atoms with Gasteiger partial charge in [-0.1, -0.05) is 13.8 Å². The number of benzene rings is 1. The maximum atomic E-state index is 6.07. The van der Waals surface area contributed by atoms with Gasteiger partial charge >= 0.3 is 0 Å². The highest BCUT2D eigenvalue weighted by Crippen LogP contribution is 2.38. The van der Waals surface area contributed by atoms with Gasteiger partial charge in [0, 0.05) is 24.2 Å². The Morgan fingerprint density at radius 3 is 2.70 bits per heavy atom. The zero-order chi connectivity index (χ0) is 16.2. The molecule has 6 heteroatoms. The van der Waals surface area contributed by atoms with Crippen molar-refractivity contribution in [3.05, 3.63) is 42.0 Å². The molecule has 6 nitrogen and oxygen atoms in total. The number of H-pyrrole nitrogens is 1. The Labute approximate surface area is 135 Å². The largest absolute Gasteiger partial charge is 0.496 e. The van der Waals surface area contributed by atoms with Crippen LogP contribution in [0.1, 0.15) is 25.3 Å². The molecule has 1 aliphatic rings. The van der Waals surface area contributed by atoms with Crippen molar-refractivity contribution in [2.75, 3.05) is 13.7 Å². The highest BCUT2D eigenvalue weighted by molar-refractivity contribution is 5.68. The zero-order valence-electron chi connectivity index (χ0n) is 13.5. The molecule has 120 valence electrons. The van der Waals surface area contributed by atoms with Crippen molar-refractivity contribution in [3.63, 3.8) is 0 Å². The van der Waals surface area contributed by atoms with Gasteiger partial charge in [-0.25, -0.2) is 4.98 Å². The second-order valence-electron chi connectivity index (χ2n) is 5.53. The number of aliphatic imine (C=N–C) groups is 1. The fourth-order valence-corrected chi connectivity index (χ4v) is 2.45. The number of rotatable bonds is 5. The fourth-order valence-electron chi connectivity index (χ4n) is 2.45. The van der Waals surface area contributed by atoms with Crippen LogP contribution in [0, 0.1) is 0 Å². The summed E-state index contributed by atoms with van der Waals surface area (Å²) in [6.45, 7) is 4.77. The maximum Gasteiger partial charge on any atom is 0.141 e. The average molecular weight is 312 g/mol. The minimum Gasteiger partial charge on any atom is -0.496 e. The minimum absolute atomic E-state index is 0.296. The first-order chi connectivity index (χ1) is 11.2. The van der Waals surface area contributed by atoms with E-state index < -0.39 is 0 Å². The van der Waals surface area contributed by atoms with Gasteiger partial charge in [0.2, 0.25) is 0 Å². The van der Waals surface area contributed by atoms with Crippen LogP contribution >= 0.6 is 0 Å². The van der Waals surface area contributed by atoms with E-state index in [2.05, 4.69) is 34.1 Å². The fraction of sp³-hybridized carbons (Fsp3) is 0.294. The van der Waals surface area contributed by atoms with Crippen LogP contribution in [0.15, 0.2) is 41.5 Å². The van der Waals surface area contributed by atoms with E-state index in [1.165, 1.54) is 0 Å². The number of aromatic amines is 1. The first-order valence-electron chi connectivity index (χ1n) is 7.52. The van der Waals surface area contributed by atoms with E-state index in [0.29, 0.717) is 12.5 Å². The lowest BCUT2D eigenvalue weighted by atomic mass is 9.99. The van der Waals surface area contributed by atoms with Crippen molar-refractivity contribution in [1.29, 1.82) is 0 Å². The van der Waals surface area contributed by atoms with E-state index in [0.717, 1.165) is 34.2 Å². The summed E-state index contributed by atoms with van der Waals surface area (Å²) in [6.07, 6.45) is 6.97. The number of methoxy groups -OCH3 is 1. The number of aromatic nitrogens is 2. The molecule has 23 heavy (non-hydrogen) atoms. The van der Waals surface area contributed by atoms with Gasteiger partial charge in [0.05, 0.1) is 19.0 Å². The molecule has 1 aliphatic heterocycles. The SMILES string of the molecule is COc1cc(C(C)C)c(OC2=CNC=NC2)cc1-c1ncc[nH]1. The van der Waals surface area contributed by atoms with Crippen molar-refractivity contribution in [2.45, 2.75) is 19.8 Å². The zero-order valence-corrected chi connectivity index (χ0v) is 13.5. The van der Waals surface area contributed by atoms with Crippen LogP contribution < -0.4 is 14.8 Å². The van der Waals surface area contributed by atoms with Crippen LogP contribution in [0.25, 0.3) is 11.4 Å². The van der Waals surface area contributed by atoms with Gasteiger partial charge in [0.1, 0.15) is 29.6 Å². The Kier molecular flexibility index (Phi) is 4.32. The van der Waals surface area contributed by atoms with E-state index in [4.69, 9.17) is 9.47 Å². The average Bonchev–Trinajstić information content (AvgIpc) is 3.09. The molecule has 1 aromatic heterocycles. The van der Waals surface area contributed by atoms with Gasteiger partial charge < -0.3 is 19.8 Å². The van der Waals surface area contributed by atoms with Crippen molar-refractivity contribution in [1.82, 2.24) is 15.3 Å². The topological polar surface area (TPSA) is 71.5 Å². The Morgan fingerprint density at radius 1 is 1.22 bits per heavy atom. The molecule has 2 aromatic rings. The van der Waals surface area contributed by atoms with E-state index in [1.807, 2.05) is 18.3 Å². The summed E-state index contributed by atoms with van der Waals surface area (Å²) in [7, 11) is 1.66. The number of imidazole rings is 1. The van der Waals surface area contributed by atoms with Crippen LogP contribution in [-0.2, 0) is 0 Å². The molecule has 0 amide bonds. The molecule has 1 aromatic carbocycles. The van der Waals surface area contributed by atoms with E-state index >= 15 is 0 Å². The van der Waals surface area contributed by atoms with Gasteiger partial charge in [-0.05, 0) is 18.1 Å². The summed E-state index contributed by atoms with van der Waals surface area (Å²) >= 11 is 0. The Bertz CT molecular complexity index is 733. The normalized spacial score (nSPS) is 13.7. The van der Waals surface area contributed by atoms with Crippen molar-refractivity contribution in [3.8, 4) is 22.9 Å². The molecule has 0 saturated carbocycles. The number of nitrogens with one attached hydrogen (secondary N) is 2. The summed E-state index contributed by atoms with van der Waals surface area (Å²) in [4.78, 5) is 11.6. The summed E-state index contributed by atoms with van der Waals surface area (Å²) < 4.78 is 11.6. The van der Waals surface area contributed by atoms with Gasteiger partial charge in [-0.15, -0.1) is 0 Å². The number of nitrogens with zero attached hydrogens (tertiary/aromatic N) is 2. The van der Waals surface area contributed by atoms with Crippen LogP contribution in [-0.4, -0.2) is 30.0 Å². The minimum atomic E-state index is 0.296. The van der Waals surface area contributed by atoms with Gasteiger partial charge in [-0.3, -0.25) is 4.99 Å². The molecule has 0 radical (unpaired) electrons. The molecular formula is C17H20N4O2.